The van der Waals surface area contributed by atoms with Crippen LogP contribution in [-0.2, 0) is 6.42 Å². The second-order valence-corrected chi connectivity index (χ2v) is 6.71. The van der Waals surface area contributed by atoms with E-state index in [1.165, 1.54) is 11.6 Å². The van der Waals surface area contributed by atoms with Crippen LogP contribution in [0.5, 0.6) is 0 Å². The van der Waals surface area contributed by atoms with Crippen molar-refractivity contribution in [1.29, 1.82) is 0 Å². The normalized spacial score (nSPS) is 10.7. The summed E-state index contributed by atoms with van der Waals surface area (Å²) in [7, 11) is 0. The van der Waals surface area contributed by atoms with Gasteiger partial charge in [-0.2, -0.15) is 0 Å². The van der Waals surface area contributed by atoms with Crippen LogP contribution in [0.2, 0.25) is 0 Å². The van der Waals surface area contributed by atoms with Gasteiger partial charge in [-0.1, -0.05) is 31.5 Å². The number of nitrogens with one attached hydrogen (secondary N) is 2. The predicted octanol–water partition coefficient (Wildman–Crippen LogP) is 5.25. The molecule has 0 saturated heterocycles. The molecule has 26 heavy (non-hydrogen) atoms. The van der Waals surface area contributed by atoms with Crippen molar-refractivity contribution in [2.45, 2.75) is 33.1 Å². The van der Waals surface area contributed by atoms with Crippen molar-refractivity contribution in [3.05, 3.63) is 70.1 Å². The molecule has 1 aromatic heterocycles. The van der Waals surface area contributed by atoms with E-state index in [1.54, 1.807) is 6.07 Å². The highest BCUT2D eigenvalue weighted by Gasteiger charge is 2.07. The van der Waals surface area contributed by atoms with E-state index in [9.17, 15) is 4.79 Å². The van der Waals surface area contributed by atoms with E-state index >= 15 is 0 Å². The third-order valence-corrected chi connectivity index (χ3v) is 4.48. The SMILES string of the molecule is CCCCc1ccccc1NC(=S)Nc1ccc2c(C)cc(=O)oc2c1. The van der Waals surface area contributed by atoms with Gasteiger partial charge < -0.3 is 15.1 Å². The van der Waals surface area contributed by atoms with Crippen molar-refractivity contribution >= 4 is 39.7 Å². The lowest BCUT2D eigenvalue weighted by atomic mass is 10.1. The van der Waals surface area contributed by atoms with Crippen molar-refractivity contribution < 1.29 is 4.42 Å². The highest BCUT2D eigenvalue weighted by atomic mass is 32.1. The highest BCUT2D eigenvalue weighted by molar-refractivity contribution is 7.80. The van der Waals surface area contributed by atoms with Crippen LogP contribution >= 0.6 is 12.2 Å². The Hall–Kier alpha value is -2.66. The van der Waals surface area contributed by atoms with E-state index in [0.29, 0.717) is 10.7 Å². The van der Waals surface area contributed by atoms with Gasteiger partial charge in [-0.15, -0.1) is 0 Å². The lowest BCUT2D eigenvalue weighted by molar-refractivity contribution is 0.560. The summed E-state index contributed by atoms with van der Waals surface area (Å²) >= 11 is 5.45. The average Bonchev–Trinajstić information content (AvgIpc) is 2.60. The molecule has 0 radical (unpaired) electrons. The number of hydrogen-bond donors (Lipinski definition) is 2. The van der Waals surface area contributed by atoms with Crippen molar-refractivity contribution in [1.82, 2.24) is 0 Å². The first-order chi connectivity index (χ1) is 12.6. The van der Waals surface area contributed by atoms with Crippen LogP contribution < -0.4 is 16.3 Å². The van der Waals surface area contributed by atoms with Gasteiger partial charge in [0.1, 0.15) is 5.58 Å². The van der Waals surface area contributed by atoms with E-state index in [4.69, 9.17) is 16.6 Å². The molecule has 0 amide bonds. The number of fused-ring (bicyclic) bond motifs is 1. The zero-order chi connectivity index (χ0) is 18.5. The van der Waals surface area contributed by atoms with E-state index in [1.807, 2.05) is 37.3 Å². The molecule has 4 nitrogen and oxygen atoms in total. The number of aryl methyl sites for hydroxylation is 2. The van der Waals surface area contributed by atoms with Crippen molar-refractivity contribution in [2.75, 3.05) is 10.6 Å². The summed E-state index contributed by atoms with van der Waals surface area (Å²) < 4.78 is 5.29. The van der Waals surface area contributed by atoms with Crippen molar-refractivity contribution in [3.8, 4) is 0 Å². The Bertz CT molecular complexity index is 995. The monoisotopic (exact) mass is 366 g/mol. The van der Waals surface area contributed by atoms with Crippen molar-refractivity contribution in [2.24, 2.45) is 0 Å². The molecule has 0 bridgehead atoms. The standard InChI is InChI=1S/C21H22N2O2S/c1-3-4-7-15-8-5-6-9-18(15)23-21(26)22-16-10-11-17-14(2)12-20(24)25-19(17)13-16/h5-6,8-13H,3-4,7H2,1-2H3,(H2,22,23,26). The molecule has 0 aliphatic rings. The zero-order valence-electron chi connectivity index (χ0n) is 15.0. The average molecular weight is 366 g/mol. The van der Waals surface area contributed by atoms with Crippen LogP contribution in [-0.4, -0.2) is 5.11 Å². The smallest absolute Gasteiger partial charge is 0.336 e. The third kappa shape index (κ3) is 4.29. The Labute approximate surface area is 158 Å². The minimum atomic E-state index is -0.349. The van der Waals surface area contributed by atoms with Gasteiger partial charge in [0.2, 0.25) is 0 Å². The number of para-hydroxylation sites is 1. The van der Waals surface area contributed by atoms with Gasteiger partial charge in [0, 0.05) is 28.9 Å². The molecule has 2 N–H and O–H groups in total. The fourth-order valence-electron chi connectivity index (χ4n) is 2.91. The Morgan fingerprint density at radius 1 is 1.12 bits per heavy atom. The Kier molecular flexibility index (Phi) is 5.68. The van der Waals surface area contributed by atoms with Crippen LogP contribution in [0.1, 0.15) is 30.9 Å². The van der Waals surface area contributed by atoms with E-state index in [-0.39, 0.29) is 5.63 Å². The molecular formula is C21H22N2O2S. The summed E-state index contributed by atoms with van der Waals surface area (Å²) in [5.74, 6) is 0. The second-order valence-electron chi connectivity index (χ2n) is 6.30. The molecule has 0 fully saturated rings. The van der Waals surface area contributed by atoms with Crippen LogP contribution in [0.15, 0.2) is 57.7 Å². The first-order valence-electron chi connectivity index (χ1n) is 8.77. The molecule has 1 heterocycles. The molecular weight excluding hydrogens is 344 g/mol. The number of unbranched alkanes of at least 4 members (excludes halogenated alkanes) is 1. The minimum Gasteiger partial charge on any atom is -0.423 e. The van der Waals surface area contributed by atoms with Gasteiger partial charge in [0.25, 0.3) is 0 Å². The molecule has 0 saturated carbocycles. The summed E-state index contributed by atoms with van der Waals surface area (Å²) in [6.45, 7) is 4.08. The molecule has 2 aromatic carbocycles. The van der Waals surface area contributed by atoms with Crippen LogP contribution in [0, 0.1) is 6.92 Å². The van der Waals surface area contributed by atoms with Crippen LogP contribution in [0.3, 0.4) is 0 Å². The highest BCUT2D eigenvalue weighted by Crippen LogP contribution is 2.22. The largest absolute Gasteiger partial charge is 0.423 e. The Morgan fingerprint density at radius 2 is 1.92 bits per heavy atom. The fourth-order valence-corrected chi connectivity index (χ4v) is 3.14. The van der Waals surface area contributed by atoms with Gasteiger partial charge in [-0.05, 0) is 61.3 Å². The van der Waals surface area contributed by atoms with Gasteiger partial charge in [-0.3, -0.25) is 0 Å². The molecule has 0 unspecified atom stereocenters. The molecule has 3 aromatic rings. The zero-order valence-corrected chi connectivity index (χ0v) is 15.8. The number of anilines is 2. The molecule has 5 heteroatoms. The number of benzene rings is 2. The summed E-state index contributed by atoms with van der Waals surface area (Å²) in [6, 6.07) is 15.3. The molecule has 0 spiro atoms. The number of thiocarbonyl (C=S) groups is 1. The van der Waals surface area contributed by atoms with E-state index in [2.05, 4.69) is 23.6 Å². The first kappa shape index (κ1) is 18.1. The van der Waals surface area contributed by atoms with Gasteiger partial charge in [-0.25, -0.2) is 4.79 Å². The molecule has 0 atom stereocenters. The minimum absolute atomic E-state index is 0.349. The number of hydrogen-bond acceptors (Lipinski definition) is 3. The van der Waals surface area contributed by atoms with Gasteiger partial charge in [0.15, 0.2) is 5.11 Å². The maximum Gasteiger partial charge on any atom is 0.336 e. The second kappa shape index (κ2) is 8.15. The Morgan fingerprint density at radius 3 is 2.73 bits per heavy atom. The van der Waals surface area contributed by atoms with E-state index < -0.39 is 0 Å². The molecule has 3 rings (SSSR count). The van der Waals surface area contributed by atoms with Gasteiger partial charge in [0.05, 0.1) is 0 Å². The topological polar surface area (TPSA) is 54.3 Å². The first-order valence-corrected chi connectivity index (χ1v) is 9.18. The third-order valence-electron chi connectivity index (χ3n) is 4.27. The Balaban J connectivity index is 1.76. The lowest BCUT2D eigenvalue weighted by Gasteiger charge is -2.14. The summed E-state index contributed by atoms with van der Waals surface area (Å²) in [4.78, 5) is 11.6. The van der Waals surface area contributed by atoms with Crippen LogP contribution in [0.4, 0.5) is 11.4 Å². The molecule has 134 valence electrons. The summed E-state index contributed by atoms with van der Waals surface area (Å²) in [5, 5.41) is 7.85. The molecule has 0 aliphatic carbocycles. The quantitative estimate of drug-likeness (QED) is 0.477. The van der Waals surface area contributed by atoms with Crippen LogP contribution in [0.25, 0.3) is 11.0 Å². The van der Waals surface area contributed by atoms with E-state index in [0.717, 1.165) is 41.6 Å². The van der Waals surface area contributed by atoms with Crippen molar-refractivity contribution in [3.63, 3.8) is 0 Å². The maximum absolute atomic E-state index is 11.6. The summed E-state index contributed by atoms with van der Waals surface area (Å²) in [6.07, 6.45) is 3.31. The lowest BCUT2D eigenvalue weighted by Crippen LogP contribution is -2.20. The predicted molar refractivity (Wildman–Crippen MR) is 112 cm³/mol. The fraction of sp³-hybridized carbons (Fsp3) is 0.238. The molecule has 0 aliphatic heterocycles. The number of rotatable bonds is 5. The maximum atomic E-state index is 11.6. The van der Waals surface area contributed by atoms with Gasteiger partial charge >= 0.3 is 5.63 Å². The summed E-state index contributed by atoms with van der Waals surface area (Å²) in [5.41, 5.74) is 4.13.